The molecule has 2 heteroatoms. The number of aromatic nitrogens is 2. The zero-order chi connectivity index (χ0) is 15.5. The van der Waals surface area contributed by atoms with Crippen molar-refractivity contribution < 1.29 is 0 Å². The molecule has 1 aromatic heterocycles. The maximum atomic E-state index is 3.97. The van der Waals surface area contributed by atoms with Gasteiger partial charge in [-0.05, 0) is 12.0 Å². The molecule has 0 unspecified atom stereocenters. The fourth-order valence-electron chi connectivity index (χ4n) is 1.07. The third-order valence-corrected chi connectivity index (χ3v) is 1.65. The Balaban J connectivity index is -0.000000313. The zero-order valence-corrected chi connectivity index (χ0v) is 14.1. The highest BCUT2D eigenvalue weighted by Gasteiger charge is 1.91. The molecule has 0 aliphatic carbocycles. The van der Waals surface area contributed by atoms with Crippen molar-refractivity contribution in [3.8, 4) is 0 Å². The molecule has 0 fully saturated rings. The molecule has 0 amide bonds. The van der Waals surface area contributed by atoms with Crippen LogP contribution in [-0.4, -0.2) is 9.55 Å². The van der Waals surface area contributed by atoms with Gasteiger partial charge in [-0.15, -0.1) is 0 Å². The first kappa shape index (κ1) is 22.8. The van der Waals surface area contributed by atoms with Crippen LogP contribution in [0, 0.1) is 0 Å². The van der Waals surface area contributed by atoms with Crippen molar-refractivity contribution in [2.75, 3.05) is 0 Å². The second kappa shape index (κ2) is 21.9. The Morgan fingerprint density at radius 1 is 1.16 bits per heavy atom. The van der Waals surface area contributed by atoms with Gasteiger partial charge in [0.25, 0.3) is 0 Å². The minimum atomic E-state index is 0.872. The SMILES string of the molecule is C=C/C(=C\CC)Cn1ccnc1.CC.CC.CCC. The van der Waals surface area contributed by atoms with Gasteiger partial charge in [0.05, 0.1) is 6.33 Å². The molecular formula is C17H34N2. The number of allylic oxidation sites excluding steroid dienone is 3. The number of hydrogen-bond donors (Lipinski definition) is 0. The average molecular weight is 266 g/mol. The molecule has 0 aliphatic rings. The van der Waals surface area contributed by atoms with Crippen molar-refractivity contribution in [2.24, 2.45) is 0 Å². The Hall–Kier alpha value is -1.31. The molecule has 1 heterocycles. The van der Waals surface area contributed by atoms with Gasteiger partial charge in [0, 0.05) is 18.9 Å². The molecule has 0 radical (unpaired) electrons. The normalized spacial score (nSPS) is 8.89. The van der Waals surface area contributed by atoms with Gasteiger partial charge in [0.15, 0.2) is 0 Å². The number of hydrogen-bond acceptors (Lipinski definition) is 1. The quantitative estimate of drug-likeness (QED) is 0.623. The topological polar surface area (TPSA) is 17.8 Å². The molecule has 1 rings (SSSR count). The molecule has 0 bridgehead atoms. The van der Waals surface area contributed by atoms with Crippen LogP contribution in [0.15, 0.2) is 43.0 Å². The molecular weight excluding hydrogens is 232 g/mol. The van der Waals surface area contributed by atoms with Gasteiger partial charge in [-0.1, -0.05) is 73.6 Å². The van der Waals surface area contributed by atoms with Gasteiger partial charge in [-0.25, -0.2) is 4.98 Å². The molecule has 0 spiro atoms. The Bertz CT molecular complexity index is 271. The summed E-state index contributed by atoms with van der Waals surface area (Å²) >= 11 is 0. The summed E-state index contributed by atoms with van der Waals surface area (Å²) in [5.74, 6) is 0. The summed E-state index contributed by atoms with van der Waals surface area (Å²) in [5, 5.41) is 0. The lowest BCUT2D eigenvalue weighted by molar-refractivity contribution is 0.793. The van der Waals surface area contributed by atoms with E-state index in [4.69, 9.17) is 0 Å². The van der Waals surface area contributed by atoms with E-state index >= 15 is 0 Å². The highest BCUT2D eigenvalue weighted by atomic mass is 15.0. The minimum Gasteiger partial charge on any atom is -0.333 e. The van der Waals surface area contributed by atoms with Crippen LogP contribution in [0.4, 0.5) is 0 Å². The summed E-state index contributed by atoms with van der Waals surface area (Å²) in [6.45, 7) is 19.0. The first-order valence-electron chi connectivity index (χ1n) is 7.55. The molecule has 2 nitrogen and oxygen atoms in total. The predicted molar refractivity (Wildman–Crippen MR) is 89.5 cm³/mol. The van der Waals surface area contributed by atoms with Crippen LogP contribution < -0.4 is 0 Å². The van der Waals surface area contributed by atoms with E-state index in [1.165, 1.54) is 12.0 Å². The third kappa shape index (κ3) is 16.7. The van der Waals surface area contributed by atoms with Crippen molar-refractivity contribution >= 4 is 0 Å². The smallest absolute Gasteiger partial charge is 0.0949 e. The van der Waals surface area contributed by atoms with Crippen molar-refractivity contribution in [1.82, 2.24) is 9.55 Å². The summed E-state index contributed by atoms with van der Waals surface area (Å²) in [7, 11) is 0. The van der Waals surface area contributed by atoms with Crippen molar-refractivity contribution in [1.29, 1.82) is 0 Å². The largest absolute Gasteiger partial charge is 0.333 e. The predicted octanol–water partition coefficient (Wildman–Crippen LogP) is 5.87. The second-order valence-electron chi connectivity index (χ2n) is 3.33. The van der Waals surface area contributed by atoms with E-state index in [1.807, 2.05) is 50.9 Å². The molecule has 0 N–H and O–H groups in total. The Morgan fingerprint density at radius 2 is 1.68 bits per heavy atom. The van der Waals surface area contributed by atoms with Crippen LogP contribution in [0.5, 0.6) is 0 Å². The van der Waals surface area contributed by atoms with Crippen molar-refractivity contribution in [2.45, 2.75) is 67.9 Å². The lowest BCUT2D eigenvalue weighted by Gasteiger charge is -2.01. The van der Waals surface area contributed by atoms with Crippen molar-refractivity contribution in [3.05, 3.63) is 43.0 Å². The van der Waals surface area contributed by atoms with Crippen LogP contribution in [0.2, 0.25) is 0 Å². The standard InChI is InChI=1S/C10H14N2.C3H8.2C2H6/c1-3-5-10(4-2)8-12-7-6-11-9-12;1-3-2;2*1-2/h4-7,9H,2-3,8H2,1H3;3H2,1-2H3;2*1-2H3/b10-5+;;;. The molecule has 0 atom stereocenters. The van der Waals surface area contributed by atoms with Gasteiger partial charge < -0.3 is 4.57 Å². The molecule has 0 saturated heterocycles. The van der Waals surface area contributed by atoms with E-state index in [0.717, 1.165) is 13.0 Å². The monoisotopic (exact) mass is 266 g/mol. The van der Waals surface area contributed by atoms with Crippen molar-refractivity contribution in [3.63, 3.8) is 0 Å². The van der Waals surface area contributed by atoms with Gasteiger partial charge in [-0.3, -0.25) is 0 Å². The Kier molecular flexibility index (Phi) is 26.3. The highest BCUT2D eigenvalue weighted by molar-refractivity contribution is 5.15. The van der Waals surface area contributed by atoms with Gasteiger partial charge in [0.2, 0.25) is 0 Å². The van der Waals surface area contributed by atoms with Crippen LogP contribution in [0.25, 0.3) is 0 Å². The van der Waals surface area contributed by atoms with Crippen LogP contribution in [0.1, 0.15) is 61.3 Å². The molecule has 1 aromatic rings. The van der Waals surface area contributed by atoms with Crippen LogP contribution in [-0.2, 0) is 6.54 Å². The lowest BCUT2D eigenvalue weighted by Crippen LogP contribution is -1.95. The van der Waals surface area contributed by atoms with Gasteiger partial charge in [0.1, 0.15) is 0 Å². The van der Waals surface area contributed by atoms with E-state index in [0.29, 0.717) is 0 Å². The minimum absolute atomic E-state index is 0.872. The number of rotatable bonds is 4. The molecule has 19 heavy (non-hydrogen) atoms. The Labute approximate surface area is 121 Å². The highest BCUT2D eigenvalue weighted by Crippen LogP contribution is 2.02. The number of imidazole rings is 1. The first-order valence-corrected chi connectivity index (χ1v) is 7.55. The maximum absolute atomic E-state index is 3.97. The average Bonchev–Trinajstić information content (AvgIpc) is 2.96. The van der Waals surface area contributed by atoms with Crippen LogP contribution in [0.3, 0.4) is 0 Å². The molecule has 0 aliphatic heterocycles. The first-order chi connectivity index (χ1) is 9.28. The lowest BCUT2D eigenvalue weighted by atomic mass is 10.2. The van der Waals surface area contributed by atoms with E-state index in [1.54, 1.807) is 6.20 Å². The summed E-state index contributed by atoms with van der Waals surface area (Å²) < 4.78 is 2.03. The fourth-order valence-corrected chi connectivity index (χ4v) is 1.07. The van der Waals surface area contributed by atoms with Gasteiger partial charge >= 0.3 is 0 Å². The second-order valence-corrected chi connectivity index (χ2v) is 3.33. The molecule has 112 valence electrons. The van der Waals surface area contributed by atoms with Gasteiger partial charge in [-0.2, -0.15) is 0 Å². The molecule has 0 saturated carbocycles. The van der Waals surface area contributed by atoms with E-state index < -0.39 is 0 Å². The summed E-state index contributed by atoms with van der Waals surface area (Å²) in [5.41, 5.74) is 1.25. The van der Waals surface area contributed by atoms with Crippen LogP contribution >= 0.6 is 0 Å². The van der Waals surface area contributed by atoms with E-state index in [-0.39, 0.29) is 0 Å². The number of nitrogens with zero attached hydrogens (tertiary/aromatic N) is 2. The summed E-state index contributed by atoms with van der Waals surface area (Å²) in [4.78, 5) is 3.97. The zero-order valence-electron chi connectivity index (χ0n) is 14.1. The van der Waals surface area contributed by atoms with E-state index in [2.05, 4.69) is 38.4 Å². The fraction of sp³-hybridized carbons (Fsp3) is 0.588. The third-order valence-electron chi connectivity index (χ3n) is 1.65. The Morgan fingerprint density at radius 3 is 2.00 bits per heavy atom. The maximum Gasteiger partial charge on any atom is 0.0949 e. The summed E-state index contributed by atoms with van der Waals surface area (Å²) in [6.07, 6.45) is 11.9. The molecule has 0 aromatic carbocycles. The van der Waals surface area contributed by atoms with E-state index in [9.17, 15) is 0 Å². The summed E-state index contributed by atoms with van der Waals surface area (Å²) in [6, 6.07) is 0.